The van der Waals surface area contributed by atoms with Crippen LogP contribution in [0.2, 0.25) is 0 Å². The van der Waals surface area contributed by atoms with Crippen LogP contribution in [0.25, 0.3) is 0 Å². The van der Waals surface area contributed by atoms with Crippen LogP contribution in [0.5, 0.6) is 0 Å². The normalized spacial score (nSPS) is 20.4. The van der Waals surface area contributed by atoms with E-state index < -0.39 is 10.0 Å². The SMILES string of the molecule is CSc1nccc(N2CCCC(N(C)S(C)(=O)=O)C2)n1. The first-order valence-electron chi connectivity index (χ1n) is 6.47. The van der Waals surface area contributed by atoms with E-state index in [1.807, 2.05) is 12.3 Å². The topological polar surface area (TPSA) is 66.4 Å². The third-order valence-corrected chi connectivity index (χ3v) is 5.47. The molecule has 0 aliphatic carbocycles. The molecule has 2 heterocycles. The van der Waals surface area contributed by atoms with Crippen molar-refractivity contribution < 1.29 is 8.42 Å². The van der Waals surface area contributed by atoms with Gasteiger partial charge in [0, 0.05) is 32.4 Å². The van der Waals surface area contributed by atoms with Gasteiger partial charge in [0.25, 0.3) is 0 Å². The number of likely N-dealkylation sites (N-methyl/N-ethyl adjacent to an activating group) is 1. The van der Waals surface area contributed by atoms with Gasteiger partial charge in [-0.2, -0.15) is 0 Å². The highest BCUT2D eigenvalue weighted by atomic mass is 32.2. The molecule has 6 nitrogen and oxygen atoms in total. The van der Waals surface area contributed by atoms with E-state index in [9.17, 15) is 8.42 Å². The monoisotopic (exact) mass is 316 g/mol. The van der Waals surface area contributed by atoms with Gasteiger partial charge in [-0.05, 0) is 25.2 Å². The van der Waals surface area contributed by atoms with Crippen LogP contribution in [0.4, 0.5) is 5.82 Å². The molecule has 0 aromatic carbocycles. The van der Waals surface area contributed by atoms with Gasteiger partial charge in [-0.15, -0.1) is 0 Å². The molecule has 0 radical (unpaired) electrons. The van der Waals surface area contributed by atoms with Crippen molar-refractivity contribution in [2.45, 2.75) is 24.0 Å². The molecule has 1 aliphatic rings. The van der Waals surface area contributed by atoms with Crippen molar-refractivity contribution in [1.29, 1.82) is 0 Å². The highest BCUT2D eigenvalue weighted by Gasteiger charge is 2.28. The van der Waals surface area contributed by atoms with Crippen molar-refractivity contribution in [2.24, 2.45) is 0 Å². The van der Waals surface area contributed by atoms with Crippen molar-refractivity contribution in [3.63, 3.8) is 0 Å². The molecule has 0 spiro atoms. The third-order valence-electron chi connectivity index (χ3n) is 3.56. The molecule has 1 saturated heterocycles. The number of hydrogen-bond acceptors (Lipinski definition) is 6. The zero-order chi connectivity index (χ0) is 14.8. The number of sulfonamides is 1. The molecule has 2 rings (SSSR count). The molecule has 1 aromatic rings. The molecule has 0 amide bonds. The van der Waals surface area contributed by atoms with Crippen LogP contribution in [0.15, 0.2) is 17.4 Å². The maximum atomic E-state index is 11.7. The maximum Gasteiger partial charge on any atom is 0.211 e. The lowest BCUT2D eigenvalue weighted by Gasteiger charge is -2.37. The van der Waals surface area contributed by atoms with Gasteiger partial charge in [-0.3, -0.25) is 0 Å². The predicted octanol–water partition coefficient (Wildman–Crippen LogP) is 1.06. The zero-order valence-electron chi connectivity index (χ0n) is 12.0. The second-order valence-electron chi connectivity index (χ2n) is 4.92. The summed E-state index contributed by atoms with van der Waals surface area (Å²) in [5.41, 5.74) is 0. The van der Waals surface area contributed by atoms with E-state index in [2.05, 4.69) is 14.9 Å². The van der Waals surface area contributed by atoms with E-state index in [1.165, 1.54) is 22.3 Å². The molecular weight excluding hydrogens is 296 g/mol. The van der Waals surface area contributed by atoms with Crippen LogP contribution in [0, 0.1) is 0 Å². The summed E-state index contributed by atoms with van der Waals surface area (Å²) in [4.78, 5) is 10.8. The van der Waals surface area contributed by atoms with E-state index >= 15 is 0 Å². The Kier molecular flexibility index (Phi) is 4.87. The Morgan fingerprint density at radius 3 is 2.90 bits per heavy atom. The molecule has 0 N–H and O–H groups in total. The Bertz CT molecular complexity index is 564. The van der Waals surface area contributed by atoms with Crippen LogP contribution >= 0.6 is 11.8 Å². The number of thioether (sulfide) groups is 1. The minimum absolute atomic E-state index is 0.00597. The molecular formula is C12H20N4O2S2. The number of rotatable bonds is 4. The standard InChI is InChI=1S/C12H20N4O2S2/c1-15(20(3,17)18)10-5-4-8-16(9-10)11-6-7-13-12(14-11)19-2/h6-7,10H,4-5,8-9H2,1-3H3. The van der Waals surface area contributed by atoms with Crippen molar-refractivity contribution in [2.75, 3.05) is 37.5 Å². The maximum absolute atomic E-state index is 11.7. The van der Waals surface area contributed by atoms with Gasteiger partial charge in [-0.25, -0.2) is 22.7 Å². The summed E-state index contributed by atoms with van der Waals surface area (Å²) in [5.74, 6) is 0.871. The molecule has 8 heteroatoms. The molecule has 112 valence electrons. The summed E-state index contributed by atoms with van der Waals surface area (Å²) < 4.78 is 24.8. The average Bonchev–Trinajstić information content (AvgIpc) is 2.45. The Labute approximate surface area is 124 Å². The largest absolute Gasteiger partial charge is 0.355 e. The van der Waals surface area contributed by atoms with Gasteiger partial charge in [-0.1, -0.05) is 11.8 Å². The number of anilines is 1. The van der Waals surface area contributed by atoms with Gasteiger partial charge in [0.1, 0.15) is 5.82 Å². The summed E-state index contributed by atoms with van der Waals surface area (Å²) in [6.07, 6.45) is 6.79. The van der Waals surface area contributed by atoms with Crippen molar-refractivity contribution in [3.8, 4) is 0 Å². The Morgan fingerprint density at radius 1 is 1.50 bits per heavy atom. The number of piperidine rings is 1. The first kappa shape index (κ1) is 15.5. The third kappa shape index (κ3) is 3.62. The average molecular weight is 316 g/mol. The minimum Gasteiger partial charge on any atom is -0.355 e. The zero-order valence-corrected chi connectivity index (χ0v) is 13.6. The van der Waals surface area contributed by atoms with Crippen LogP contribution in [0.3, 0.4) is 0 Å². The second kappa shape index (κ2) is 6.28. The van der Waals surface area contributed by atoms with E-state index in [4.69, 9.17) is 0 Å². The van der Waals surface area contributed by atoms with E-state index in [0.29, 0.717) is 6.54 Å². The van der Waals surface area contributed by atoms with Crippen LogP contribution in [-0.2, 0) is 10.0 Å². The Balaban J connectivity index is 2.14. The second-order valence-corrected chi connectivity index (χ2v) is 7.74. The molecule has 1 atom stereocenters. The lowest BCUT2D eigenvalue weighted by atomic mass is 10.1. The van der Waals surface area contributed by atoms with Gasteiger partial charge in [0.05, 0.1) is 6.26 Å². The van der Waals surface area contributed by atoms with Crippen LogP contribution in [0.1, 0.15) is 12.8 Å². The lowest BCUT2D eigenvalue weighted by Crippen LogP contribution is -2.48. The first-order valence-corrected chi connectivity index (χ1v) is 9.54. The number of aromatic nitrogens is 2. The van der Waals surface area contributed by atoms with Gasteiger partial charge >= 0.3 is 0 Å². The Morgan fingerprint density at radius 2 is 2.25 bits per heavy atom. The van der Waals surface area contributed by atoms with Gasteiger partial charge in [0.15, 0.2) is 5.16 Å². The number of hydrogen-bond donors (Lipinski definition) is 0. The quantitative estimate of drug-likeness (QED) is 0.611. The molecule has 1 fully saturated rings. The summed E-state index contributed by atoms with van der Waals surface area (Å²) in [6.45, 7) is 1.58. The fourth-order valence-corrected chi connectivity index (χ4v) is 3.40. The fraction of sp³-hybridized carbons (Fsp3) is 0.667. The van der Waals surface area contributed by atoms with E-state index in [-0.39, 0.29) is 6.04 Å². The summed E-state index contributed by atoms with van der Waals surface area (Å²) in [5, 5.41) is 0.737. The predicted molar refractivity (Wildman–Crippen MR) is 81.7 cm³/mol. The van der Waals surface area contributed by atoms with Crippen molar-refractivity contribution >= 4 is 27.6 Å². The molecule has 0 bridgehead atoms. The first-order chi connectivity index (χ1) is 9.41. The lowest BCUT2D eigenvalue weighted by molar-refractivity contribution is 0.321. The molecule has 0 saturated carbocycles. The summed E-state index contributed by atoms with van der Waals surface area (Å²) in [7, 11) is -1.50. The molecule has 1 unspecified atom stereocenters. The fourth-order valence-electron chi connectivity index (χ4n) is 2.34. The van der Waals surface area contributed by atoms with Gasteiger partial charge in [0.2, 0.25) is 10.0 Å². The highest BCUT2D eigenvalue weighted by Crippen LogP contribution is 2.22. The summed E-state index contributed by atoms with van der Waals surface area (Å²) in [6, 6.07) is 1.88. The van der Waals surface area contributed by atoms with E-state index in [0.717, 1.165) is 30.4 Å². The van der Waals surface area contributed by atoms with Crippen molar-refractivity contribution in [3.05, 3.63) is 12.3 Å². The Hall–Kier alpha value is -0.860. The van der Waals surface area contributed by atoms with E-state index in [1.54, 1.807) is 13.2 Å². The molecule has 1 aromatic heterocycles. The number of nitrogens with zero attached hydrogens (tertiary/aromatic N) is 4. The van der Waals surface area contributed by atoms with Crippen LogP contribution < -0.4 is 4.90 Å². The summed E-state index contributed by atoms with van der Waals surface area (Å²) >= 11 is 1.50. The molecule has 20 heavy (non-hydrogen) atoms. The van der Waals surface area contributed by atoms with Crippen LogP contribution in [-0.4, -0.2) is 61.4 Å². The molecule has 1 aliphatic heterocycles. The van der Waals surface area contributed by atoms with Crippen molar-refractivity contribution in [1.82, 2.24) is 14.3 Å². The van der Waals surface area contributed by atoms with Gasteiger partial charge < -0.3 is 4.90 Å². The highest BCUT2D eigenvalue weighted by molar-refractivity contribution is 7.98. The smallest absolute Gasteiger partial charge is 0.211 e. The minimum atomic E-state index is -3.15.